The Morgan fingerprint density at radius 3 is 2.86 bits per heavy atom. The largest absolute Gasteiger partial charge is 0.238 e. The van der Waals surface area contributed by atoms with E-state index in [1.54, 1.807) is 0 Å². The highest BCUT2D eigenvalue weighted by Gasteiger charge is 1.94. The summed E-state index contributed by atoms with van der Waals surface area (Å²) < 4.78 is 0. The number of hydrogen-bond donors (Lipinski definition) is 0. The molecule has 1 rings (SSSR count). The Morgan fingerprint density at radius 2 is 2.14 bits per heavy atom. The van der Waals surface area contributed by atoms with Crippen LogP contribution in [0.3, 0.4) is 0 Å². The van der Waals surface area contributed by atoms with Gasteiger partial charge in [-0.3, -0.25) is 0 Å². The van der Waals surface area contributed by atoms with Crippen LogP contribution in [0.15, 0.2) is 30.3 Å². The molecular weight excluding hydrogens is 170 g/mol. The van der Waals surface area contributed by atoms with E-state index in [1.807, 2.05) is 30.3 Å². The van der Waals surface area contributed by atoms with Crippen LogP contribution in [-0.2, 0) is 0 Å². The first-order valence-electron chi connectivity index (χ1n) is 5.01. The Bertz CT molecular complexity index is 344. The molecule has 0 atom stereocenters. The maximum atomic E-state index is 6.99. The van der Waals surface area contributed by atoms with Gasteiger partial charge >= 0.3 is 0 Å². The first kappa shape index (κ1) is 10.5. The minimum absolute atomic E-state index is 0.736. The molecule has 0 saturated heterocycles. The summed E-state index contributed by atoms with van der Waals surface area (Å²) in [6.45, 7) is 9.17. The molecule has 14 heavy (non-hydrogen) atoms. The molecule has 1 heteroatoms. The van der Waals surface area contributed by atoms with Gasteiger partial charge in [0.15, 0.2) is 5.69 Å². The van der Waals surface area contributed by atoms with Crippen LogP contribution in [0.1, 0.15) is 31.7 Å². The summed E-state index contributed by atoms with van der Waals surface area (Å²) in [5, 5.41) is 0. The summed E-state index contributed by atoms with van der Waals surface area (Å²) >= 11 is 0. The van der Waals surface area contributed by atoms with Crippen molar-refractivity contribution in [2.75, 3.05) is 0 Å². The molecule has 0 saturated carbocycles. The van der Waals surface area contributed by atoms with Crippen molar-refractivity contribution in [1.29, 1.82) is 0 Å². The summed E-state index contributed by atoms with van der Waals surface area (Å²) in [6.07, 6.45) is 7.73. The van der Waals surface area contributed by atoms with Crippen molar-refractivity contribution >= 4 is 11.8 Å². The highest BCUT2D eigenvalue weighted by Crippen LogP contribution is 2.19. The van der Waals surface area contributed by atoms with E-state index in [0.29, 0.717) is 0 Å². The van der Waals surface area contributed by atoms with Gasteiger partial charge in [-0.25, -0.2) is 4.85 Å². The second kappa shape index (κ2) is 5.99. The topological polar surface area (TPSA) is 4.36 Å². The number of benzene rings is 1. The Labute approximate surface area is 85.9 Å². The lowest BCUT2D eigenvalue weighted by molar-refractivity contribution is 0.816. The summed E-state index contributed by atoms with van der Waals surface area (Å²) in [7, 11) is 0. The van der Waals surface area contributed by atoms with Crippen molar-refractivity contribution in [1.82, 2.24) is 0 Å². The Hall–Kier alpha value is -1.55. The smallest absolute Gasteiger partial charge is 0.194 e. The Kier molecular flexibility index (Phi) is 4.50. The molecule has 0 aliphatic carbocycles. The van der Waals surface area contributed by atoms with Crippen LogP contribution in [-0.4, -0.2) is 0 Å². The van der Waals surface area contributed by atoms with Crippen LogP contribution in [0.5, 0.6) is 0 Å². The zero-order valence-corrected chi connectivity index (χ0v) is 8.53. The predicted molar refractivity (Wildman–Crippen MR) is 61.3 cm³/mol. The highest BCUT2D eigenvalue weighted by atomic mass is 14.6. The molecule has 0 aromatic heterocycles. The van der Waals surface area contributed by atoms with Crippen LogP contribution in [0.2, 0.25) is 0 Å². The molecule has 0 radical (unpaired) electrons. The number of unbranched alkanes of at least 4 members (excludes halogenated alkanes) is 2. The predicted octanol–water partition coefficient (Wildman–Crippen LogP) is 4.44. The third-order valence-corrected chi connectivity index (χ3v) is 2.08. The molecule has 1 aromatic rings. The van der Waals surface area contributed by atoms with Gasteiger partial charge in [0.2, 0.25) is 0 Å². The van der Waals surface area contributed by atoms with Gasteiger partial charge in [-0.2, -0.15) is 0 Å². The average Bonchev–Trinajstić information content (AvgIpc) is 2.25. The van der Waals surface area contributed by atoms with Crippen molar-refractivity contribution < 1.29 is 0 Å². The van der Waals surface area contributed by atoms with Crippen molar-refractivity contribution in [3.8, 4) is 0 Å². The van der Waals surface area contributed by atoms with Gasteiger partial charge in [-0.1, -0.05) is 56.2 Å². The second-order valence-electron chi connectivity index (χ2n) is 3.22. The fourth-order valence-corrected chi connectivity index (χ4v) is 1.26. The molecule has 0 aliphatic rings. The first-order valence-corrected chi connectivity index (χ1v) is 5.01. The molecule has 1 nitrogen and oxygen atoms in total. The van der Waals surface area contributed by atoms with Crippen LogP contribution in [0, 0.1) is 6.57 Å². The van der Waals surface area contributed by atoms with Gasteiger partial charge in [0, 0.05) is 0 Å². The number of nitrogens with zero attached hydrogens (tertiary/aromatic N) is 1. The molecule has 0 unspecified atom stereocenters. The summed E-state index contributed by atoms with van der Waals surface area (Å²) in [5.74, 6) is 0. The number of rotatable bonds is 4. The van der Waals surface area contributed by atoms with E-state index >= 15 is 0 Å². The summed E-state index contributed by atoms with van der Waals surface area (Å²) in [6, 6.07) is 7.70. The lowest BCUT2D eigenvalue weighted by atomic mass is 10.1. The lowest BCUT2D eigenvalue weighted by Crippen LogP contribution is -1.72. The normalized spacial score (nSPS) is 10.3. The summed E-state index contributed by atoms with van der Waals surface area (Å²) in [5.41, 5.74) is 1.76. The van der Waals surface area contributed by atoms with Crippen molar-refractivity contribution in [3.05, 3.63) is 47.3 Å². The van der Waals surface area contributed by atoms with E-state index in [-0.39, 0.29) is 0 Å². The van der Waals surface area contributed by atoms with Gasteiger partial charge < -0.3 is 0 Å². The van der Waals surface area contributed by atoms with Crippen LogP contribution in [0.4, 0.5) is 5.69 Å². The maximum absolute atomic E-state index is 6.99. The van der Waals surface area contributed by atoms with Gasteiger partial charge in [0.25, 0.3) is 0 Å². The van der Waals surface area contributed by atoms with Crippen molar-refractivity contribution in [3.63, 3.8) is 0 Å². The number of para-hydroxylation sites is 1. The molecular formula is C13H15N. The van der Waals surface area contributed by atoms with E-state index in [2.05, 4.69) is 17.8 Å². The molecule has 0 spiro atoms. The second-order valence-corrected chi connectivity index (χ2v) is 3.22. The van der Waals surface area contributed by atoms with E-state index < -0.39 is 0 Å². The monoisotopic (exact) mass is 185 g/mol. The lowest BCUT2D eigenvalue weighted by Gasteiger charge is -1.96. The van der Waals surface area contributed by atoms with Crippen LogP contribution in [0.25, 0.3) is 10.9 Å². The fraction of sp³-hybridized carbons (Fsp3) is 0.308. The van der Waals surface area contributed by atoms with Crippen molar-refractivity contribution in [2.24, 2.45) is 0 Å². The van der Waals surface area contributed by atoms with E-state index in [0.717, 1.165) is 17.7 Å². The van der Waals surface area contributed by atoms with E-state index in [1.165, 1.54) is 12.8 Å². The maximum Gasteiger partial charge on any atom is 0.194 e. The number of allylic oxidation sites excluding steroid dienone is 1. The highest BCUT2D eigenvalue weighted by molar-refractivity contribution is 5.66. The van der Waals surface area contributed by atoms with Gasteiger partial charge in [0.05, 0.1) is 6.57 Å². The Balaban J connectivity index is 2.67. The zero-order valence-electron chi connectivity index (χ0n) is 8.53. The molecule has 0 heterocycles. The molecule has 0 fully saturated rings. The quantitative estimate of drug-likeness (QED) is 0.482. The molecule has 0 bridgehead atoms. The third-order valence-electron chi connectivity index (χ3n) is 2.08. The number of hydrogen-bond acceptors (Lipinski definition) is 0. The fourth-order valence-electron chi connectivity index (χ4n) is 1.26. The minimum Gasteiger partial charge on any atom is -0.238 e. The van der Waals surface area contributed by atoms with E-state index in [4.69, 9.17) is 6.57 Å². The third kappa shape index (κ3) is 3.06. The van der Waals surface area contributed by atoms with Crippen molar-refractivity contribution in [2.45, 2.75) is 26.2 Å². The zero-order chi connectivity index (χ0) is 10.2. The molecule has 0 N–H and O–H groups in total. The van der Waals surface area contributed by atoms with Gasteiger partial charge in [-0.05, 0) is 12.0 Å². The minimum atomic E-state index is 0.736. The Morgan fingerprint density at radius 1 is 1.36 bits per heavy atom. The SMILES string of the molecule is [C-]#[N+]c1ccccc1/C=C/CCCC. The van der Waals surface area contributed by atoms with Gasteiger partial charge in [0.1, 0.15) is 0 Å². The molecule has 0 amide bonds. The van der Waals surface area contributed by atoms with E-state index in [9.17, 15) is 0 Å². The molecule has 1 aromatic carbocycles. The summed E-state index contributed by atoms with van der Waals surface area (Å²) in [4.78, 5) is 3.47. The average molecular weight is 185 g/mol. The first-order chi connectivity index (χ1) is 6.88. The van der Waals surface area contributed by atoms with Gasteiger partial charge in [-0.15, -0.1) is 0 Å². The van der Waals surface area contributed by atoms with Crippen LogP contribution < -0.4 is 0 Å². The molecule has 0 aliphatic heterocycles. The standard InChI is InChI=1S/C13H15N/c1-3-4-5-6-9-12-10-7-8-11-13(12)14-2/h6-11H,3-5H2,1H3/b9-6+. The van der Waals surface area contributed by atoms with Crippen LogP contribution >= 0.6 is 0 Å². The molecule has 72 valence electrons.